The quantitative estimate of drug-likeness (QED) is 0.208. The maximum Gasteiger partial charge on any atom is 0.318 e. The molecule has 2 saturated heterocycles. The van der Waals surface area contributed by atoms with Crippen LogP contribution in [0, 0.1) is 17.8 Å². The standard InChI is InChI=1S/C40H68N6O7/c1-11-27(4)36(44(8)39(50)35(26(2)3)42-40(51)45-21-20-43(7)24-28(45)5)33(52-9)23-34(48)46-19-15-18-32(46)37(53-10)29(6)38(49)41-31(25-47)22-30-16-13-12-14-17-30/h12-14,16-17,26-29,31-33,35-37,47H,11,15,18-25H2,1-10H3,(H,41,49)(H,42,51)/t27-,28+,29+,31-,32-,33-,35-,36-,37+/m0/s1. The van der Waals surface area contributed by atoms with E-state index in [1.54, 1.807) is 42.9 Å². The second kappa shape index (κ2) is 21.0. The Morgan fingerprint density at radius 2 is 1.66 bits per heavy atom. The number of carbonyl (C=O) groups is 4. The first kappa shape index (κ1) is 44.1. The summed E-state index contributed by atoms with van der Waals surface area (Å²) in [6.07, 6.45) is 1.56. The number of urea groups is 1. The first-order valence-corrected chi connectivity index (χ1v) is 19.5. The predicted octanol–water partition coefficient (Wildman–Crippen LogP) is 3.00. The van der Waals surface area contributed by atoms with Gasteiger partial charge < -0.3 is 44.8 Å². The number of aliphatic hydroxyl groups excluding tert-OH is 1. The van der Waals surface area contributed by atoms with E-state index in [1.807, 2.05) is 65.1 Å². The van der Waals surface area contributed by atoms with Gasteiger partial charge in [-0.1, -0.05) is 71.4 Å². The number of aliphatic hydroxyl groups is 1. The summed E-state index contributed by atoms with van der Waals surface area (Å²) in [5, 5.41) is 16.1. The first-order chi connectivity index (χ1) is 25.2. The van der Waals surface area contributed by atoms with E-state index >= 15 is 0 Å². The molecule has 2 heterocycles. The van der Waals surface area contributed by atoms with Crippen molar-refractivity contribution in [2.45, 2.75) is 116 Å². The molecule has 0 unspecified atom stereocenters. The van der Waals surface area contributed by atoms with Gasteiger partial charge in [0, 0.05) is 53.5 Å². The average molecular weight is 745 g/mol. The van der Waals surface area contributed by atoms with Crippen LogP contribution in [0.25, 0.3) is 0 Å². The Hall–Kier alpha value is -3.26. The third-order valence-electron chi connectivity index (χ3n) is 11.5. The average Bonchev–Trinajstić information content (AvgIpc) is 3.62. The Balaban J connectivity index is 1.74. The molecule has 1 aromatic carbocycles. The van der Waals surface area contributed by atoms with Crippen molar-refractivity contribution >= 4 is 23.8 Å². The molecule has 13 nitrogen and oxygen atoms in total. The molecule has 0 radical (unpaired) electrons. The SMILES string of the molecule is CC[C@H](C)[C@@H]([C@H](CC(=O)N1CCC[C@H]1[C@H](OC)[C@@H](C)C(=O)N[C@H](CO)Cc1ccccc1)OC)N(C)C(=O)[C@@H](NC(=O)N1CCN(C)C[C@H]1C)C(C)C. The molecule has 0 spiro atoms. The summed E-state index contributed by atoms with van der Waals surface area (Å²) in [4.78, 5) is 62.8. The number of amides is 5. The molecule has 2 aliphatic heterocycles. The molecule has 13 heteroatoms. The Morgan fingerprint density at radius 3 is 2.23 bits per heavy atom. The summed E-state index contributed by atoms with van der Waals surface area (Å²) in [6, 6.07) is 7.49. The molecule has 0 aliphatic carbocycles. The van der Waals surface area contributed by atoms with Crippen LogP contribution in [-0.2, 0) is 30.3 Å². The number of ether oxygens (including phenoxy) is 2. The van der Waals surface area contributed by atoms with Crippen molar-refractivity contribution in [3.05, 3.63) is 35.9 Å². The number of piperazine rings is 1. The van der Waals surface area contributed by atoms with E-state index < -0.39 is 36.3 Å². The fourth-order valence-corrected chi connectivity index (χ4v) is 8.09. The summed E-state index contributed by atoms with van der Waals surface area (Å²) in [5.41, 5.74) is 1.01. The fraction of sp³-hybridized carbons (Fsp3) is 0.750. The Labute approximate surface area is 318 Å². The van der Waals surface area contributed by atoms with E-state index in [9.17, 15) is 24.3 Å². The van der Waals surface area contributed by atoms with Crippen molar-refractivity contribution in [2.24, 2.45) is 17.8 Å². The van der Waals surface area contributed by atoms with Crippen molar-refractivity contribution in [3.63, 3.8) is 0 Å². The molecule has 300 valence electrons. The molecular weight excluding hydrogens is 676 g/mol. The summed E-state index contributed by atoms with van der Waals surface area (Å²) >= 11 is 0. The number of hydrogen-bond acceptors (Lipinski definition) is 8. The van der Waals surface area contributed by atoms with Crippen LogP contribution in [0.3, 0.4) is 0 Å². The Kier molecular flexibility index (Phi) is 17.5. The highest BCUT2D eigenvalue weighted by atomic mass is 16.5. The highest BCUT2D eigenvalue weighted by Gasteiger charge is 2.43. The number of benzene rings is 1. The van der Waals surface area contributed by atoms with Crippen molar-refractivity contribution in [3.8, 4) is 0 Å². The van der Waals surface area contributed by atoms with Gasteiger partial charge in [0.1, 0.15) is 6.04 Å². The lowest BCUT2D eigenvalue weighted by Crippen LogP contribution is -2.61. The zero-order valence-electron chi connectivity index (χ0n) is 33.9. The highest BCUT2D eigenvalue weighted by molar-refractivity contribution is 5.88. The van der Waals surface area contributed by atoms with Gasteiger partial charge in [0.25, 0.3) is 0 Å². The third-order valence-corrected chi connectivity index (χ3v) is 11.5. The smallest absolute Gasteiger partial charge is 0.318 e. The van der Waals surface area contributed by atoms with E-state index in [2.05, 4.69) is 22.5 Å². The normalized spacial score (nSPS) is 22.0. The van der Waals surface area contributed by atoms with Crippen LogP contribution in [0.4, 0.5) is 4.79 Å². The molecule has 2 fully saturated rings. The van der Waals surface area contributed by atoms with Gasteiger partial charge in [0.05, 0.1) is 49.3 Å². The van der Waals surface area contributed by atoms with E-state index in [0.717, 1.165) is 31.5 Å². The van der Waals surface area contributed by atoms with Crippen LogP contribution >= 0.6 is 0 Å². The Bertz CT molecular complexity index is 1320. The lowest BCUT2D eigenvalue weighted by atomic mass is 9.89. The van der Waals surface area contributed by atoms with Gasteiger partial charge in [-0.3, -0.25) is 14.4 Å². The van der Waals surface area contributed by atoms with Gasteiger partial charge in [0.2, 0.25) is 17.7 Å². The van der Waals surface area contributed by atoms with Crippen LogP contribution in [0.2, 0.25) is 0 Å². The summed E-state index contributed by atoms with van der Waals surface area (Å²) in [7, 11) is 6.91. The van der Waals surface area contributed by atoms with Gasteiger partial charge in [-0.2, -0.15) is 0 Å². The van der Waals surface area contributed by atoms with Crippen LogP contribution in [0.5, 0.6) is 0 Å². The highest BCUT2D eigenvalue weighted by Crippen LogP contribution is 2.30. The number of nitrogens with one attached hydrogen (secondary N) is 2. The van der Waals surface area contributed by atoms with E-state index in [0.29, 0.717) is 25.9 Å². The van der Waals surface area contributed by atoms with Crippen LogP contribution in [0.1, 0.15) is 72.8 Å². The van der Waals surface area contributed by atoms with Crippen LogP contribution in [0.15, 0.2) is 30.3 Å². The molecular formula is C40H68N6O7. The molecule has 3 N–H and O–H groups in total. The summed E-state index contributed by atoms with van der Waals surface area (Å²) < 4.78 is 12.0. The predicted molar refractivity (Wildman–Crippen MR) is 206 cm³/mol. The minimum Gasteiger partial charge on any atom is -0.394 e. The van der Waals surface area contributed by atoms with Crippen molar-refractivity contribution in [1.82, 2.24) is 30.2 Å². The first-order valence-electron chi connectivity index (χ1n) is 19.5. The van der Waals surface area contributed by atoms with Crippen molar-refractivity contribution in [1.29, 1.82) is 0 Å². The minimum atomic E-state index is -0.754. The third kappa shape index (κ3) is 11.6. The molecule has 9 atom stereocenters. The van der Waals surface area contributed by atoms with Crippen molar-refractivity contribution in [2.75, 3.05) is 61.1 Å². The molecule has 2 aliphatic rings. The molecule has 0 bridgehead atoms. The lowest BCUT2D eigenvalue weighted by Gasteiger charge is -2.42. The number of methoxy groups -OCH3 is 2. The van der Waals surface area contributed by atoms with Gasteiger partial charge in [-0.15, -0.1) is 0 Å². The number of carbonyl (C=O) groups excluding carboxylic acids is 4. The van der Waals surface area contributed by atoms with Gasteiger partial charge >= 0.3 is 6.03 Å². The van der Waals surface area contributed by atoms with Gasteiger partial charge in [0.15, 0.2) is 0 Å². The van der Waals surface area contributed by atoms with Crippen molar-refractivity contribution < 1.29 is 33.8 Å². The summed E-state index contributed by atoms with van der Waals surface area (Å²) in [5.74, 6) is -1.36. The minimum absolute atomic E-state index is 0.0111. The molecule has 0 saturated carbocycles. The number of rotatable bonds is 18. The molecule has 53 heavy (non-hydrogen) atoms. The maximum absolute atomic E-state index is 14.2. The number of nitrogens with zero attached hydrogens (tertiary/aromatic N) is 4. The van der Waals surface area contributed by atoms with Gasteiger partial charge in [-0.05, 0) is 50.6 Å². The molecule has 1 aromatic rings. The van der Waals surface area contributed by atoms with E-state index in [4.69, 9.17) is 9.47 Å². The number of hydrogen-bond donors (Lipinski definition) is 3. The second-order valence-electron chi connectivity index (χ2n) is 15.6. The summed E-state index contributed by atoms with van der Waals surface area (Å²) in [6.45, 7) is 14.2. The lowest BCUT2D eigenvalue weighted by molar-refractivity contribution is -0.147. The molecule has 3 rings (SSSR count). The fourth-order valence-electron chi connectivity index (χ4n) is 8.09. The zero-order valence-corrected chi connectivity index (χ0v) is 33.9. The van der Waals surface area contributed by atoms with Gasteiger partial charge in [-0.25, -0.2) is 4.79 Å². The van der Waals surface area contributed by atoms with Crippen LogP contribution < -0.4 is 10.6 Å². The number of likely N-dealkylation sites (N-methyl/N-ethyl adjacent to an activating group) is 2. The zero-order chi connectivity index (χ0) is 39.4. The molecule has 5 amide bonds. The van der Waals surface area contributed by atoms with Crippen LogP contribution in [-0.4, -0.2) is 152 Å². The molecule has 0 aromatic heterocycles. The Morgan fingerprint density at radius 1 is 0.981 bits per heavy atom. The van der Waals surface area contributed by atoms with E-state index in [1.165, 1.54) is 0 Å². The number of likely N-dealkylation sites (tertiary alicyclic amines) is 1. The monoisotopic (exact) mass is 745 g/mol. The largest absolute Gasteiger partial charge is 0.394 e. The second-order valence-corrected chi connectivity index (χ2v) is 15.6. The van der Waals surface area contributed by atoms with E-state index in [-0.39, 0.29) is 60.7 Å². The topological polar surface area (TPSA) is 144 Å². The maximum atomic E-state index is 14.2.